The van der Waals surface area contributed by atoms with Crippen molar-refractivity contribution in [2.75, 3.05) is 57.4 Å². The Kier molecular flexibility index (Phi) is 8.86. The van der Waals surface area contributed by atoms with Gasteiger partial charge >= 0.3 is 11.9 Å². The summed E-state index contributed by atoms with van der Waals surface area (Å²) in [7, 11) is 0. The normalized spacial score (nSPS) is 16.5. The van der Waals surface area contributed by atoms with Gasteiger partial charge in [0.15, 0.2) is 0 Å². The van der Waals surface area contributed by atoms with Crippen LogP contribution < -0.4 is 10.2 Å². The minimum absolute atomic E-state index is 0.175. The van der Waals surface area contributed by atoms with Crippen molar-refractivity contribution in [2.45, 2.75) is 12.8 Å². The van der Waals surface area contributed by atoms with Crippen LogP contribution in [0.15, 0.2) is 24.3 Å². The van der Waals surface area contributed by atoms with Gasteiger partial charge in [0.1, 0.15) is 0 Å². The van der Waals surface area contributed by atoms with Crippen LogP contribution in [0.4, 0.5) is 5.69 Å². The number of fused-ring (bicyclic) bond motifs is 1. The third kappa shape index (κ3) is 6.91. The number of carboxylic acids is 2. The number of amides is 1. The van der Waals surface area contributed by atoms with Crippen molar-refractivity contribution in [1.82, 2.24) is 10.2 Å². The van der Waals surface area contributed by atoms with Gasteiger partial charge in [-0.2, -0.15) is 0 Å². The van der Waals surface area contributed by atoms with Gasteiger partial charge in [-0.3, -0.25) is 9.69 Å². The van der Waals surface area contributed by atoms with E-state index >= 15 is 0 Å². The maximum Gasteiger partial charge on any atom is 0.414 e. The first-order valence-corrected chi connectivity index (χ1v) is 9.34. The molecular formula is C19H27N3O6. The molecule has 0 aliphatic carbocycles. The molecule has 1 saturated heterocycles. The van der Waals surface area contributed by atoms with Gasteiger partial charge in [0.2, 0.25) is 5.91 Å². The minimum atomic E-state index is -1.82. The van der Waals surface area contributed by atoms with Crippen LogP contribution in [0.5, 0.6) is 0 Å². The summed E-state index contributed by atoms with van der Waals surface area (Å²) in [5.74, 6) is -3.47. The fraction of sp³-hybridized carbons (Fsp3) is 0.526. The fourth-order valence-electron chi connectivity index (χ4n) is 3.15. The smallest absolute Gasteiger partial charge is 0.414 e. The number of rotatable bonds is 5. The Morgan fingerprint density at radius 1 is 1.04 bits per heavy atom. The van der Waals surface area contributed by atoms with Gasteiger partial charge in [-0.15, -0.1) is 0 Å². The van der Waals surface area contributed by atoms with Crippen molar-refractivity contribution < 1.29 is 29.3 Å². The molecule has 0 spiro atoms. The van der Waals surface area contributed by atoms with Crippen molar-refractivity contribution in [2.24, 2.45) is 0 Å². The number of hydrogen-bond acceptors (Lipinski definition) is 6. The van der Waals surface area contributed by atoms with E-state index in [-0.39, 0.29) is 5.91 Å². The van der Waals surface area contributed by atoms with E-state index in [0.717, 1.165) is 64.5 Å². The maximum atomic E-state index is 12.4. The standard InChI is InChI=1S/C17H25N3O2.C2H2O4/c21-17(14-18-7-9-19-10-12-22-13-11-19)20-8-3-5-15-4-1-2-6-16(15)20;3-1(4)2(5)6/h1-2,4,6,18H,3,5,7-14H2;(H,3,4)(H,5,6). The lowest BCUT2D eigenvalue weighted by Gasteiger charge is -2.30. The third-order valence-corrected chi connectivity index (χ3v) is 4.58. The van der Waals surface area contributed by atoms with Crippen LogP contribution in [0.25, 0.3) is 0 Å². The molecule has 3 rings (SSSR count). The molecule has 154 valence electrons. The number of anilines is 1. The summed E-state index contributed by atoms with van der Waals surface area (Å²) in [6, 6.07) is 8.24. The summed E-state index contributed by atoms with van der Waals surface area (Å²) >= 11 is 0. The van der Waals surface area contributed by atoms with Crippen molar-refractivity contribution in [3.8, 4) is 0 Å². The molecule has 1 fully saturated rings. The molecule has 0 aromatic heterocycles. The van der Waals surface area contributed by atoms with Gasteiger partial charge in [-0.05, 0) is 24.5 Å². The van der Waals surface area contributed by atoms with E-state index in [1.807, 2.05) is 17.0 Å². The highest BCUT2D eigenvalue weighted by atomic mass is 16.5. The highest BCUT2D eigenvalue weighted by Gasteiger charge is 2.21. The zero-order valence-corrected chi connectivity index (χ0v) is 15.8. The molecule has 1 amide bonds. The van der Waals surface area contributed by atoms with E-state index in [1.54, 1.807) is 0 Å². The molecule has 1 aromatic carbocycles. The molecule has 1 aromatic rings. The zero-order chi connectivity index (χ0) is 20.4. The lowest BCUT2D eigenvalue weighted by atomic mass is 10.0. The second-order valence-electron chi connectivity index (χ2n) is 6.52. The van der Waals surface area contributed by atoms with Crippen molar-refractivity contribution in [1.29, 1.82) is 0 Å². The van der Waals surface area contributed by atoms with E-state index in [2.05, 4.69) is 22.3 Å². The van der Waals surface area contributed by atoms with E-state index in [1.165, 1.54) is 5.56 Å². The Labute approximate surface area is 163 Å². The number of ether oxygens (including phenoxy) is 1. The number of aliphatic carboxylic acids is 2. The molecule has 2 heterocycles. The first-order chi connectivity index (χ1) is 13.5. The highest BCUT2D eigenvalue weighted by Crippen LogP contribution is 2.26. The molecule has 9 heteroatoms. The molecule has 2 aliphatic heterocycles. The van der Waals surface area contributed by atoms with E-state index in [4.69, 9.17) is 24.5 Å². The topological polar surface area (TPSA) is 119 Å². The summed E-state index contributed by atoms with van der Waals surface area (Å²) in [6.07, 6.45) is 2.13. The Morgan fingerprint density at radius 3 is 2.39 bits per heavy atom. The van der Waals surface area contributed by atoms with E-state index < -0.39 is 11.9 Å². The summed E-state index contributed by atoms with van der Waals surface area (Å²) in [6.45, 7) is 6.71. The van der Waals surface area contributed by atoms with Crippen molar-refractivity contribution >= 4 is 23.5 Å². The molecule has 0 saturated carbocycles. The molecule has 0 radical (unpaired) electrons. The number of aryl methyl sites for hydroxylation is 1. The van der Waals surface area contributed by atoms with Crippen LogP contribution in [0.3, 0.4) is 0 Å². The van der Waals surface area contributed by atoms with Crippen LogP contribution >= 0.6 is 0 Å². The SMILES string of the molecule is O=C(CNCCN1CCOCC1)N1CCCc2ccccc21.O=C(O)C(=O)O. The van der Waals surface area contributed by atoms with Crippen molar-refractivity contribution in [3.05, 3.63) is 29.8 Å². The number of morpholine rings is 1. The molecule has 2 aliphatic rings. The zero-order valence-electron chi connectivity index (χ0n) is 15.8. The predicted octanol–water partition coefficient (Wildman–Crippen LogP) is 0.0432. The van der Waals surface area contributed by atoms with Gasteiger partial charge in [0, 0.05) is 38.4 Å². The van der Waals surface area contributed by atoms with Crippen molar-refractivity contribution in [3.63, 3.8) is 0 Å². The molecule has 9 nitrogen and oxygen atoms in total. The number of nitrogens with zero attached hydrogens (tertiary/aromatic N) is 2. The fourth-order valence-corrected chi connectivity index (χ4v) is 3.15. The molecule has 0 bridgehead atoms. The first-order valence-electron chi connectivity index (χ1n) is 9.34. The monoisotopic (exact) mass is 393 g/mol. The number of hydrogen-bond donors (Lipinski definition) is 3. The lowest BCUT2D eigenvalue weighted by molar-refractivity contribution is -0.159. The largest absolute Gasteiger partial charge is 0.473 e. The van der Waals surface area contributed by atoms with Gasteiger partial charge in [0.25, 0.3) is 0 Å². The van der Waals surface area contributed by atoms with Gasteiger partial charge in [-0.1, -0.05) is 18.2 Å². The first kappa shape index (κ1) is 21.8. The lowest BCUT2D eigenvalue weighted by Crippen LogP contribution is -2.44. The third-order valence-electron chi connectivity index (χ3n) is 4.58. The highest BCUT2D eigenvalue weighted by molar-refractivity contribution is 6.27. The Bertz CT molecular complexity index is 663. The Hall–Kier alpha value is -2.49. The predicted molar refractivity (Wildman–Crippen MR) is 103 cm³/mol. The second-order valence-corrected chi connectivity index (χ2v) is 6.52. The Balaban J connectivity index is 0.000000409. The number of nitrogens with one attached hydrogen (secondary N) is 1. The van der Waals surface area contributed by atoms with E-state index in [0.29, 0.717) is 6.54 Å². The summed E-state index contributed by atoms with van der Waals surface area (Å²) < 4.78 is 5.33. The van der Waals surface area contributed by atoms with Crippen LogP contribution in [0, 0.1) is 0 Å². The summed E-state index contributed by atoms with van der Waals surface area (Å²) in [5.41, 5.74) is 2.38. The van der Waals surface area contributed by atoms with Gasteiger partial charge in [0.05, 0.1) is 19.8 Å². The van der Waals surface area contributed by atoms with E-state index in [9.17, 15) is 4.79 Å². The minimum Gasteiger partial charge on any atom is -0.473 e. The quantitative estimate of drug-likeness (QED) is 0.474. The number of para-hydroxylation sites is 1. The maximum absolute atomic E-state index is 12.4. The number of carboxylic acid groups (broad SMARTS) is 2. The average molecular weight is 393 g/mol. The van der Waals surface area contributed by atoms with Crippen LogP contribution in [0.2, 0.25) is 0 Å². The summed E-state index contributed by atoms with van der Waals surface area (Å²) in [5, 5.41) is 18.1. The van der Waals surface area contributed by atoms with Gasteiger partial charge < -0.3 is 25.2 Å². The van der Waals surface area contributed by atoms with Crippen LogP contribution in [-0.2, 0) is 25.5 Å². The molecule has 0 atom stereocenters. The van der Waals surface area contributed by atoms with Crippen LogP contribution in [0.1, 0.15) is 12.0 Å². The Morgan fingerprint density at radius 2 is 1.71 bits per heavy atom. The van der Waals surface area contributed by atoms with Crippen LogP contribution in [-0.4, -0.2) is 85.4 Å². The molecular weight excluding hydrogens is 366 g/mol. The molecule has 0 unspecified atom stereocenters. The summed E-state index contributed by atoms with van der Waals surface area (Å²) in [4.78, 5) is 34.9. The number of carbonyl (C=O) groups excluding carboxylic acids is 1. The van der Waals surface area contributed by atoms with Gasteiger partial charge in [-0.25, -0.2) is 9.59 Å². The molecule has 3 N–H and O–H groups in total. The number of carbonyl (C=O) groups is 3. The number of benzene rings is 1. The average Bonchev–Trinajstić information content (AvgIpc) is 2.72. The second kappa shape index (κ2) is 11.4. The molecule has 28 heavy (non-hydrogen) atoms.